The van der Waals surface area contributed by atoms with E-state index in [9.17, 15) is 4.79 Å². The minimum Gasteiger partial charge on any atom is -0.319 e. The van der Waals surface area contributed by atoms with Crippen LogP contribution in [0.15, 0.2) is 48.8 Å². The molecular formula is C16H12N4OS. The molecular weight excluding hydrogens is 296 g/mol. The molecule has 0 unspecified atom stereocenters. The number of carbonyl (C=O) groups excluding carboxylic acids is 1. The molecule has 5 nitrogen and oxygen atoms in total. The molecule has 0 aliphatic carbocycles. The van der Waals surface area contributed by atoms with Crippen LogP contribution in [0.5, 0.6) is 0 Å². The van der Waals surface area contributed by atoms with Crippen molar-refractivity contribution in [3.63, 3.8) is 0 Å². The summed E-state index contributed by atoms with van der Waals surface area (Å²) in [5.74, 6) is -0.133. The van der Waals surface area contributed by atoms with E-state index in [-0.39, 0.29) is 5.91 Å². The zero-order valence-electron chi connectivity index (χ0n) is 11.8. The minimum absolute atomic E-state index is 0.133. The number of nitrogens with one attached hydrogen (secondary N) is 1. The van der Waals surface area contributed by atoms with Gasteiger partial charge in [-0.25, -0.2) is 9.50 Å². The number of anilines is 1. The van der Waals surface area contributed by atoms with Gasteiger partial charge in [0.2, 0.25) is 0 Å². The van der Waals surface area contributed by atoms with Crippen LogP contribution in [0, 0.1) is 6.92 Å². The van der Waals surface area contributed by atoms with E-state index in [1.807, 2.05) is 43.3 Å². The highest BCUT2D eigenvalue weighted by Crippen LogP contribution is 2.25. The van der Waals surface area contributed by atoms with Crippen LogP contribution in [0.2, 0.25) is 0 Å². The highest BCUT2D eigenvalue weighted by Gasteiger charge is 2.11. The minimum atomic E-state index is -0.133. The maximum Gasteiger partial charge on any atom is 0.265 e. The molecule has 0 saturated heterocycles. The van der Waals surface area contributed by atoms with E-state index >= 15 is 0 Å². The van der Waals surface area contributed by atoms with Gasteiger partial charge in [-0.2, -0.15) is 5.10 Å². The van der Waals surface area contributed by atoms with Crippen molar-refractivity contribution >= 4 is 38.7 Å². The number of thiophene rings is 1. The van der Waals surface area contributed by atoms with Crippen LogP contribution < -0.4 is 5.32 Å². The summed E-state index contributed by atoms with van der Waals surface area (Å²) in [4.78, 5) is 17.3. The maximum atomic E-state index is 12.4. The molecule has 4 rings (SSSR count). The van der Waals surface area contributed by atoms with E-state index in [2.05, 4.69) is 15.4 Å². The van der Waals surface area contributed by atoms with Gasteiger partial charge in [-0.1, -0.05) is 18.2 Å². The van der Waals surface area contributed by atoms with E-state index in [1.54, 1.807) is 16.9 Å². The molecule has 3 aromatic heterocycles. The van der Waals surface area contributed by atoms with Crippen LogP contribution in [0.4, 0.5) is 5.69 Å². The summed E-state index contributed by atoms with van der Waals surface area (Å²) < 4.78 is 2.76. The van der Waals surface area contributed by atoms with Crippen LogP contribution in [-0.2, 0) is 0 Å². The lowest BCUT2D eigenvalue weighted by atomic mass is 10.2. The van der Waals surface area contributed by atoms with Crippen molar-refractivity contribution in [1.29, 1.82) is 0 Å². The Bertz CT molecular complexity index is 969. The Balaban J connectivity index is 1.64. The van der Waals surface area contributed by atoms with E-state index < -0.39 is 0 Å². The number of aryl methyl sites for hydroxylation is 1. The van der Waals surface area contributed by atoms with E-state index in [4.69, 9.17) is 0 Å². The average Bonchev–Trinajstić information content (AvgIpc) is 3.08. The number of amides is 1. The van der Waals surface area contributed by atoms with Gasteiger partial charge in [0, 0.05) is 10.8 Å². The SMILES string of the molecule is Cc1cc2ncc(NC(=O)c3cc4ccccc4s3)cn2n1. The summed E-state index contributed by atoms with van der Waals surface area (Å²) >= 11 is 1.48. The summed E-state index contributed by atoms with van der Waals surface area (Å²) in [6, 6.07) is 11.7. The fourth-order valence-electron chi connectivity index (χ4n) is 2.35. The second-order valence-corrected chi connectivity index (χ2v) is 6.12. The zero-order valence-corrected chi connectivity index (χ0v) is 12.6. The third-order valence-corrected chi connectivity index (χ3v) is 4.46. The molecule has 0 aliphatic rings. The van der Waals surface area contributed by atoms with Gasteiger partial charge in [0.1, 0.15) is 0 Å². The number of aromatic nitrogens is 3. The number of hydrogen-bond acceptors (Lipinski definition) is 4. The third kappa shape index (κ3) is 2.23. The molecule has 3 heterocycles. The fraction of sp³-hybridized carbons (Fsp3) is 0.0625. The second-order valence-electron chi connectivity index (χ2n) is 5.03. The molecule has 6 heteroatoms. The number of nitrogens with zero attached hydrogens (tertiary/aromatic N) is 3. The van der Waals surface area contributed by atoms with Crippen molar-refractivity contribution in [2.75, 3.05) is 5.32 Å². The molecule has 1 aromatic carbocycles. The Labute approximate surface area is 130 Å². The number of carbonyl (C=O) groups is 1. The highest BCUT2D eigenvalue weighted by molar-refractivity contribution is 7.20. The monoisotopic (exact) mass is 308 g/mol. The van der Waals surface area contributed by atoms with Crippen molar-refractivity contribution in [1.82, 2.24) is 14.6 Å². The van der Waals surface area contributed by atoms with Gasteiger partial charge in [0.15, 0.2) is 5.65 Å². The molecule has 0 spiro atoms. The molecule has 108 valence electrons. The summed E-state index contributed by atoms with van der Waals surface area (Å²) in [6.45, 7) is 1.91. The maximum absolute atomic E-state index is 12.4. The molecule has 22 heavy (non-hydrogen) atoms. The summed E-state index contributed by atoms with van der Waals surface area (Å²) in [7, 11) is 0. The van der Waals surface area contributed by atoms with Gasteiger partial charge in [-0.05, 0) is 24.4 Å². The normalized spacial score (nSPS) is 11.1. The van der Waals surface area contributed by atoms with Crippen molar-refractivity contribution in [2.24, 2.45) is 0 Å². The lowest BCUT2D eigenvalue weighted by Crippen LogP contribution is -2.11. The first-order chi connectivity index (χ1) is 10.7. The molecule has 0 atom stereocenters. The third-order valence-electron chi connectivity index (χ3n) is 3.34. The fourth-order valence-corrected chi connectivity index (χ4v) is 3.30. The second kappa shape index (κ2) is 4.92. The van der Waals surface area contributed by atoms with Crippen molar-refractivity contribution < 1.29 is 4.79 Å². The predicted molar refractivity (Wildman–Crippen MR) is 87.5 cm³/mol. The standard InChI is InChI=1S/C16H12N4OS/c1-10-6-15-17-8-12(9-20(15)19-10)18-16(21)14-7-11-4-2-3-5-13(11)22-14/h2-9H,1H3,(H,18,21). The Kier molecular flexibility index (Phi) is 2.90. The quantitative estimate of drug-likeness (QED) is 0.616. The molecule has 1 N–H and O–H groups in total. The van der Waals surface area contributed by atoms with Crippen LogP contribution in [0.25, 0.3) is 15.7 Å². The van der Waals surface area contributed by atoms with Gasteiger partial charge in [0.25, 0.3) is 5.91 Å². The van der Waals surface area contributed by atoms with Gasteiger partial charge in [-0.15, -0.1) is 11.3 Å². The highest BCUT2D eigenvalue weighted by atomic mass is 32.1. The zero-order chi connectivity index (χ0) is 15.1. The number of hydrogen-bond donors (Lipinski definition) is 1. The van der Waals surface area contributed by atoms with E-state index in [1.165, 1.54) is 11.3 Å². The van der Waals surface area contributed by atoms with Gasteiger partial charge in [0.05, 0.1) is 28.7 Å². The van der Waals surface area contributed by atoms with Gasteiger partial charge < -0.3 is 5.32 Å². The molecule has 0 saturated carbocycles. The molecule has 0 aliphatic heterocycles. The van der Waals surface area contributed by atoms with Crippen LogP contribution in [0.3, 0.4) is 0 Å². The molecule has 0 radical (unpaired) electrons. The first-order valence-corrected chi connectivity index (χ1v) is 7.63. The Morgan fingerprint density at radius 2 is 2.14 bits per heavy atom. The van der Waals surface area contributed by atoms with Crippen molar-refractivity contribution in [3.8, 4) is 0 Å². The predicted octanol–water partition coefficient (Wildman–Crippen LogP) is 3.50. The smallest absolute Gasteiger partial charge is 0.265 e. The Morgan fingerprint density at radius 3 is 3.00 bits per heavy atom. The molecule has 0 bridgehead atoms. The van der Waals surface area contributed by atoms with Crippen LogP contribution >= 0.6 is 11.3 Å². The number of fused-ring (bicyclic) bond motifs is 2. The van der Waals surface area contributed by atoms with Gasteiger partial charge >= 0.3 is 0 Å². The van der Waals surface area contributed by atoms with Gasteiger partial charge in [-0.3, -0.25) is 4.79 Å². The molecule has 1 amide bonds. The summed E-state index contributed by atoms with van der Waals surface area (Å²) in [6.07, 6.45) is 3.40. The van der Waals surface area contributed by atoms with E-state index in [0.29, 0.717) is 10.6 Å². The lowest BCUT2D eigenvalue weighted by molar-refractivity contribution is 0.103. The Hall–Kier alpha value is -2.73. The van der Waals surface area contributed by atoms with Crippen molar-refractivity contribution in [3.05, 3.63) is 59.4 Å². The van der Waals surface area contributed by atoms with Crippen molar-refractivity contribution in [2.45, 2.75) is 6.92 Å². The topological polar surface area (TPSA) is 59.3 Å². The number of rotatable bonds is 2. The molecule has 0 fully saturated rings. The van der Waals surface area contributed by atoms with Crippen LogP contribution in [0.1, 0.15) is 15.4 Å². The number of benzene rings is 1. The molecule has 4 aromatic rings. The largest absolute Gasteiger partial charge is 0.319 e. The first-order valence-electron chi connectivity index (χ1n) is 6.81. The van der Waals surface area contributed by atoms with E-state index in [0.717, 1.165) is 21.4 Å². The Morgan fingerprint density at radius 1 is 1.27 bits per heavy atom. The van der Waals surface area contributed by atoms with Crippen LogP contribution in [-0.4, -0.2) is 20.5 Å². The first kappa shape index (κ1) is 13.0. The average molecular weight is 308 g/mol. The summed E-state index contributed by atoms with van der Waals surface area (Å²) in [5, 5.41) is 8.24. The lowest BCUT2D eigenvalue weighted by Gasteiger charge is -2.03. The summed E-state index contributed by atoms with van der Waals surface area (Å²) in [5.41, 5.74) is 2.27.